The van der Waals surface area contributed by atoms with E-state index in [4.69, 9.17) is 9.47 Å². The van der Waals surface area contributed by atoms with Gasteiger partial charge in [-0.05, 0) is 50.5 Å². The van der Waals surface area contributed by atoms with Crippen LogP contribution in [0.1, 0.15) is 44.2 Å². The van der Waals surface area contributed by atoms with Gasteiger partial charge in [0.25, 0.3) is 0 Å². The zero-order valence-corrected chi connectivity index (χ0v) is 17.1. The van der Waals surface area contributed by atoms with Crippen LogP contribution in [0.5, 0.6) is 11.5 Å². The molecule has 0 aromatic heterocycles. The molecule has 0 atom stereocenters. The van der Waals surface area contributed by atoms with Crippen LogP contribution >= 0.6 is 0 Å². The number of ether oxygens (including phenoxy) is 2. The molecular formula is C23H28N2O3. The van der Waals surface area contributed by atoms with Gasteiger partial charge in [0, 0.05) is 18.4 Å². The van der Waals surface area contributed by atoms with Gasteiger partial charge in [0.1, 0.15) is 11.5 Å². The van der Waals surface area contributed by atoms with Crippen molar-refractivity contribution in [2.45, 2.75) is 45.1 Å². The highest BCUT2D eigenvalue weighted by Crippen LogP contribution is 2.34. The number of methoxy groups -OCH3 is 2. The van der Waals surface area contributed by atoms with Crippen LogP contribution in [0.3, 0.4) is 0 Å². The maximum absolute atomic E-state index is 12.9. The largest absolute Gasteiger partial charge is 0.497 e. The Hall–Kier alpha value is -2.82. The Morgan fingerprint density at radius 3 is 2.54 bits per heavy atom. The average Bonchev–Trinajstić information content (AvgIpc) is 3.03. The van der Waals surface area contributed by atoms with Crippen LogP contribution in [0.25, 0.3) is 0 Å². The van der Waals surface area contributed by atoms with E-state index in [-0.39, 0.29) is 11.4 Å². The van der Waals surface area contributed by atoms with Gasteiger partial charge in [-0.3, -0.25) is 4.79 Å². The third-order valence-electron chi connectivity index (χ3n) is 5.05. The summed E-state index contributed by atoms with van der Waals surface area (Å²) >= 11 is 0. The van der Waals surface area contributed by atoms with Crippen molar-refractivity contribution in [2.75, 3.05) is 14.2 Å². The summed E-state index contributed by atoms with van der Waals surface area (Å²) in [6.07, 6.45) is 2.84. The minimum absolute atomic E-state index is 0.0535. The van der Waals surface area contributed by atoms with Gasteiger partial charge in [0.15, 0.2) is 0 Å². The van der Waals surface area contributed by atoms with Crippen LogP contribution in [0.4, 0.5) is 0 Å². The molecule has 1 amide bonds. The highest BCUT2D eigenvalue weighted by Gasteiger charge is 2.38. The number of hydrazone groups is 1. The van der Waals surface area contributed by atoms with Crippen molar-refractivity contribution in [1.29, 1.82) is 0 Å². The van der Waals surface area contributed by atoms with Crippen molar-refractivity contribution < 1.29 is 14.3 Å². The Kier molecular flexibility index (Phi) is 6.02. The van der Waals surface area contributed by atoms with Gasteiger partial charge >= 0.3 is 0 Å². The first-order valence-corrected chi connectivity index (χ1v) is 9.61. The number of hydrogen-bond donors (Lipinski definition) is 0. The standard InChI is InChI=1S/C23H28N2O3/c1-23(2)16-20(19-15-18(27-3)13-14-21(19)28-4)24-25(23)22(26)12-8-11-17-9-6-5-7-10-17/h5-7,9-10,13-15H,8,11-12,16H2,1-4H3. The minimum atomic E-state index is -0.368. The van der Waals surface area contributed by atoms with E-state index in [1.165, 1.54) is 5.56 Å². The molecule has 2 aromatic carbocycles. The molecule has 0 N–H and O–H groups in total. The molecule has 0 saturated carbocycles. The smallest absolute Gasteiger partial charge is 0.243 e. The SMILES string of the molecule is COc1ccc(OC)c(C2=NN(C(=O)CCCc3ccccc3)C(C)(C)C2)c1. The third kappa shape index (κ3) is 4.35. The Morgan fingerprint density at radius 1 is 1.11 bits per heavy atom. The molecule has 0 bridgehead atoms. The van der Waals surface area contributed by atoms with Gasteiger partial charge in [-0.2, -0.15) is 5.10 Å². The van der Waals surface area contributed by atoms with E-state index in [0.717, 1.165) is 35.6 Å². The van der Waals surface area contributed by atoms with Crippen LogP contribution in [-0.2, 0) is 11.2 Å². The summed E-state index contributed by atoms with van der Waals surface area (Å²) in [6, 6.07) is 15.9. The number of nitrogens with zero attached hydrogens (tertiary/aromatic N) is 2. The van der Waals surface area contributed by atoms with Crippen molar-refractivity contribution >= 4 is 11.6 Å². The summed E-state index contributed by atoms with van der Waals surface area (Å²) in [5.41, 5.74) is 2.60. The van der Waals surface area contributed by atoms with Crippen LogP contribution in [-0.4, -0.2) is 36.4 Å². The molecule has 0 fully saturated rings. The fourth-order valence-electron chi connectivity index (χ4n) is 3.55. The van der Waals surface area contributed by atoms with E-state index in [1.54, 1.807) is 19.2 Å². The molecule has 5 heteroatoms. The zero-order chi connectivity index (χ0) is 20.1. The van der Waals surface area contributed by atoms with E-state index in [1.807, 2.05) is 50.2 Å². The quantitative estimate of drug-likeness (QED) is 0.713. The van der Waals surface area contributed by atoms with E-state index >= 15 is 0 Å². The molecule has 0 saturated heterocycles. The topological polar surface area (TPSA) is 51.1 Å². The van der Waals surface area contributed by atoms with E-state index in [2.05, 4.69) is 17.2 Å². The Labute approximate surface area is 167 Å². The van der Waals surface area contributed by atoms with Crippen LogP contribution in [0, 0.1) is 0 Å². The van der Waals surface area contributed by atoms with Crippen molar-refractivity contribution in [3.8, 4) is 11.5 Å². The minimum Gasteiger partial charge on any atom is -0.497 e. The normalized spacial score (nSPS) is 15.3. The van der Waals surface area contributed by atoms with Gasteiger partial charge < -0.3 is 9.47 Å². The molecule has 5 nitrogen and oxygen atoms in total. The Bertz CT molecular complexity index is 859. The summed E-state index contributed by atoms with van der Waals surface area (Å²) < 4.78 is 10.8. The molecule has 3 rings (SSSR count). The first-order valence-electron chi connectivity index (χ1n) is 9.61. The number of hydrogen-bond acceptors (Lipinski definition) is 4. The third-order valence-corrected chi connectivity index (χ3v) is 5.05. The van der Waals surface area contributed by atoms with Crippen molar-refractivity contribution in [1.82, 2.24) is 5.01 Å². The molecule has 0 aliphatic carbocycles. The zero-order valence-electron chi connectivity index (χ0n) is 17.1. The first kappa shape index (κ1) is 19.9. The number of rotatable bonds is 7. The molecule has 1 aliphatic heterocycles. The van der Waals surface area contributed by atoms with Crippen LogP contribution in [0.15, 0.2) is 53.6 Å². The lowest BCUT2D eigenvalue weighted by molar-refractivity contribution is -0.135. The molecular weight excluding hydrogens is 352 g/mol. The first-order chi connectivity index (χ1) is 13.4. The lowest BCUT2D eigenvalue weighted by Crippen LogP contribution is -2.40. The molecule has 0 radical (unpaired) electrons. The monoisotopic (exact) mass is 380 g/mol. The van der Waals surface area contributed by atoms with Crippen LogP contribution < -0.4 is 9.47 Å². The van der Waals surface area contributed by atoms with E-state index < -0.39 is 0 Å². The number of aryl methyl sites for hydroxylation is 1. The van der Waals surface area contributed by atoms with Crippen molar-refractivity contribution in [3.05, 3.63) is 59.7 Å². The summed E-state index contributed by atoms with van der Waals surface area (Å²) in [5, 5.41) is 6.33. The highest BCUT2D eigenvalue weighted by atomic mass is 16.5. The lowest BCUT2D eigenvalue weighted by Gasteiger charge is -2.28. The highest BCUT2D eigenvalue weighted by molar-refractivity contribution is 6.05. The second-order valence-corrected chi connectivity index (χ2v) is 7.65. The predicted octanol–water partition coefficient (Wildman–Crippen LogP) is 4.44. The Balaban J connectivity index is 1.74. The molecule has 0 spiro atoms. The molecule has 1 aliphatic rings. The number of benzene rings is 2. The fourth-order valence-corrected chi connectivity index (χ4v) is 3.55. The fraction of sp³-hybridized carbons (Fsp3) is 0.391. The summed E-state index contributed by atoms with van der Waals surface area (Å²) in [7, 11) is 3.27. The van der Waals surface area contributed by atoms with Gasteiger partial charge in [0.05, 0.1) is 25.5 Å². The molecule has 2 aromatic rings. The maximum Gasteiger partial charge on any atom is 0.243 e. The van der Waals surface area contributed by atoms with Gasteiger partial charge in [-0.1, -0.05) is 30.3 Å². The van der Waals surface area contributed by atoms with Gasteiger partial charge in [-0.15, -0.1) is 0 Å². The van der Waals surface area contributed by atoms with Gasteiger partial charge in [0.2, 0.25) is 5.91 Å². The second kappa shape index (κ2) is 8.46. The summed E-state index contributed by atoms with van der Waals surface area (Å²) in [4.78, 5) is 12.9. The van der Waals surface area contributed by atoms with E-state index in [0.29, 0.717) is 12.8 Å². The molecule has 1 heterocycles. The molecule has 148 valence electrons. The number of carbonyl (C=O) groups excluding carboxylic acids is 1. The number of carbonyl (C=O) groups is 1. The average molecular weight is 380 g/mol. The molecule has 28 heavy (non-hydrogen) atoms. The van der Waals surface area contributed by atoms with Crippen molar-refractivity contribution in [2.24, 2.45) is 5.10 Å². The predicted molar refractivity (Wildman–Crippen MR) is 111 cm³/mol. The van der Waals surface area contributed by atoms with Crippen molar-refractivity contribution in [3.63, 3.8) is 0 Å². The molecule has 0 unspecified atom stereocenters. The maximum atomic E-state index is 12.9. The summed E-state index contributed by atoms with van der Waals surface area (Å²) in [5.74, 6) is 1.52. The lowest BCUT2D eigenvalue weighted by atomic mass is 9.94. The van der Waals surface area contributed by atoms with E-state index in [9.17, 15) is 4.79 Å². The summed E-state index contributed by atoms with van der Waals surface area (Å²) in [6.45, 7) is 4.09. The van der Waals surface area contributed by atoms with Gasteiger partial charge in [-0.25, -0.2) is 5.01 Å². The van der Waals surface area contributed by atoms with Crippen LogP contribution in [0.2, 0.25) is 0 Å². The second-order valence-electron chi connectivity index (χ2n) is 7.65. The Morgan fingerprint density at radius 2 is 1.86 bits per heavy atom. The number of amides is 1.